The molecule has 1 unspecified atom stereocenters. The van der Waals surface area contributed by atoms with Gasteiger partial charge in [-0.25, -0.2) is 4.98 Å². The predicted molar refractivity (Wildman–Crippen MR) is 103 cm³/mol. The molecule has 7 heteroatoms. The van der Waals surface area contributed by atoms with Crippen molar-refractivity contribution in [2.24, 2.45) is 5.73 Å². The zero-order chi connectivity index (χ0) is 18.4. The minimum Gasteiger partial charge on any atom is -0.506 e. The van der Waals surface area contributed by atoms with Crippen LogP contribution in [-0.4, -0.2) is 48.7 Å². The van der Waals surface area contributed by atoms with Crippen LogP contribution in [0.25, 0.3) is 28.1 Å². The summed E-state index contributed by atoms with van der Waals surface area (Å²) in [6, 6.07) is 13.5. The van der Waals surface area contributed by atoms with Crippen LogP contribution in [0.2, 0.25) is 0 Å². The number of likely N-dealkylation sites (tertiary alicyclic amines) is 1. The topological polar surface area (TPSA) is 92.6 Å². The number of nitrogens with two attached hydrogens (primary N) is 1. The van der Waals surface area contributed by atoms with Crippen molar-refractivity contribution in [3.8, 4) is 17.3 Å². The van der Waals surface area contributed by atoms with Crippen LogP contribution in [0.3, 0.4) is 0 Å². The molecule has 1 atom stereocenters. The van der Waals surface area contributed by atoms with E-state index in [1.807, 2.05) is 34.7 Å². The van der Waals surface area contributed by atoms with Gasteiger partial charge in [0.25, 0.3) is 0 Å². The average Bonchev–Trinajstić information content (AvgIpc) is 3.28. The van der Waals surface area contributed by atoms with Gasteiger partial charge in [-0.3, -0.25) is 9.30 Å². The number of rotatable bonds is 3. The van der Waals surface area contributed by atoms with Gasteiger partial charge < -0.3 is 10.8 Å². The number of nitrogens with zero attached hydrogens (tertiary/aromatic N) is 5. The van der Waals surface area contributed by atoms with Gasteiger partial charge >= 0.3 is 0 Å². The Morgan fingerprint density at radius 1 is 1.11 bits per heavy atom. The van der Waals surface area contributed by atoms with E-state index >= 15 is 0 Å². The molecule has 0 radical (unpaired) electrons. The Morgan fingerprint density at radius 3 is 2.89 bits per heavy atom. The first kappa shape index (κ1) is 16.2. The Labute approximate surface area is 156 Å². The lowest BCUT2D eigenvalue weighted by atomic mass is 10.2. The second-order valence-electron chi connectivity index (χ2n) is 7.12. The Hall–Kier alpha value is -3.03. The molecule has 0 bridgehead atoms. The molecule has 0 spiro atoms. The van der Waals surface area contributed by atoms with Gasteiger partial charge in [0, 0.05) is 37.3 Å². The van der Waals surface area contributed by atoms with E-state index in [-0.39, 0.29) is 11.8 Å². The fraction of sp³-hybridized carbons (Fsp3) is 0.250. The number of hydrogen-bond donors (Lipinski definition) is 2. The van der Waals surface area contributed by atoms with Gasteiger partial charge in [0.05, 0.1) is 0 Å². The zero-order valence-corrected chi connectivity index (χ0v) is 14.8. The smallest absolute Gasteiger partial charge is 0.187 e. The minimum atomic E-state index is 0.161. The zero-order valence-electron chi connectivity index (χ0n) is 14.8. The number of benzene rings is 1. The van der Waals surface area contributed by atoms with Gasteiger partial charge in [-0.05, 0) is 30.2 Å². The SMILES string of the molecule is NC1CCN(Cc2ccc3nnc(-c4ccc5cccc(O)c5n4)n3c2)C1. The highest BCUT2D eigenvalue weighted by Crippen LogP contribution is 2.26. The number of fused-ring (bicyclic) bond motifs is 2. The lowest BCUT2D eigenvalue weighted by molar-refractivity contribution is 0.326. The number of para-hydroxylation sites is 1. The molecule has 1 fully saturated rings. The molecule has 3 N–H and O–H groups in total. The van der Waals surface area contributed by atoms with E-state index in [1.54, 1.807) is 6.07 Å². The second-order valence-corrected chi connectivity index (χ2v) is 7.12. The summed E-state index contributed by atoms with van der Waals surface area (Å²) in [6.07, 6.45) is 3.11. The first-order chi connectivity index (χ1) is 13.2. The lowest BCUT2D eigenvalue weighted by Gasteiger charge is -2.15. The Balaban J connectivity index is 1.55. The highest BCUT2D eigenvalue weighted by atomic mass is 16.3. The van der Waals surface area contributed by atoms with Crippen LogP contribution in [0.5, 0.6) is 5.75 Å². The molecular formula is C20H20N6O. The summed E-state index contributed by atoms with van der Waals surface area (Å²) in [7, 11) is 0. The number of phenolic OH excluding ortho intramolecular Hbond substituents is 1. The van der Waals surface area contributed by atoms with Crippen LogP contribution in [-0.2, 0) is 6.54 Å². The first-order valence-electron chi connectivity index (χ1n) is 9.08. The Kier molecular flexibility index (Phi) is 3.77. The average molecular weight is 360 g/mol. The van der Waals surface area contributed by atoms with E-state index in [0.717, 1.165) is 37.1 Å². The molecule has 7 nitrogen and oxygen atoms in total. The normalized spacial score (nSPS) is 17.9. The van der Waals surface area contributed by atoms with Gasteiger partial charge in [-0.1, -0.05) is 24.3 Å². The molecule has 1 aliphatic heterocycles. The summed E-state index contributed by atoms with van der Waals surface area (Å²) in [4.78, 5) is 6.97. The first-order valence-corrected chi connectivity index (χ1v) is 9.08. The van der Waals surface area contributed by atoms with Gasteiger partial charge in [0.2, 0.25) is 0 Å². The van der Waals surface area contributed by atoms with E-state index in [1.165, 1.54) is 5.56 Å². The van der Waals surface area contributed by atoms with Gasteiger partial charge in [-0.15, -0.1) is 10.2 Å². The molecule has 27 heavy (non-hydrogen) atoms. The lowest BCUT2D eigenvalue weighted by Crippen LogP contribution is -2.26. The maximum absolute atomic E-state index is 10.1. The third-order valence-corrected chi connectivity index (χ3v) is 5.11. The predicted octanol–water partition coefficient (Wildman–Crippen LogP) is 2.18. The second kappa shape index (κ2) is 6.29. The molecule has 0 amide bonds. The molecule has 136 valence electrons. The molecule has 0 aliphatic carbocycles. The fourth-order valence-corrected chi connectivity index (χ4v) is 3.72. The van der Waals surface area contributed by atoms with Crippen molar-refractivity contribution < 1.29 is 5.11 Å². The van der Waals surface area contributed by atoms with Gasteiger partial charge in [-0.2, -0.15) is 0 Å². The molecule has 1 saturated heterocycles. The maximum atomic E-state index is 10.1. The van der Waals surface area contributed by atoms with Crippen molar-refractivity contribution in [1.29, 1.82) is 0 Å². The van der Waals surface area contributed by atoms with Crippen LogP contribution in [0.4, 0.5) is 0 Å². The van der Waals surface area contributed by atoms with Crippen molar-refractivity contribution in [2.45, 2.75) is 19.0 Å². The molecule has 4 heterocycles. The van der Waals surface area contributed by atoms with Crippen molar-refractivity contribution in [3.63, 3.8) is 0 Å². The van der Waals surface area contributed by atoms with Crippen LogP contribution in [0.15, 0.2) is 48.7 Å². The third kappa shape index (κ3) is 2.90. The van der Waals surface area contributed by atoms with E-state index in [2.05, 4.69) is 32.3 Å². The van der Waals surface area contributed by atoms with Gasteiger partial charge in [0.15, 0.2) is 11.5 Å². The fourth-order valence-electron chi connectivity index (χ4n) is 3.72. The van der Waals surface area contributed by atoms with E-state index in [4.69, 9.17) is 5.73 Å². The Bertz CT molecular complexity index is 1140. The van der Waals surface area contributed by atoms with Crippen LogP contribution < -0.4 is 5.73 Å². The molecule has 5 rings (SSSR count). The van der Waals surface area contributed by atoms with E-state index in [9.17, 15) is 5.11 Å². The third-order valence-electron chi connectivity index (χ3n) is 5.11. The quantitative estimate of drug-likeness (QED) is 0.582. The number of aromatic nitrogens is 4. The van der Waals surface area contributed by atoms with Crippen molar-refractivity contribution in [3.05, 3.63) is 54.2 Å². The number of phenols is 1. The molecule has 4 aromatic rings. The molecule has 1 aliphatic rings. The Morgan fingerprint density at radius 2 is 2.04 bits per heavy atom. The number of pyridine rings is 2. The molecule has 1 aromatic carbocycles. The summed E-state index contributed by atoms with van der Waals surface area (Å²) in [5.74, 6) is 0.823. The van der Waals surface area contributed by atoms with Crippen LogP contribution >= 0.6 is 0 Å². The standard InChI is InChI=1S/C20H20N6O/c21-15-8-9-25(12-15)10-13-4-7-18-23-24-20(26(18)11-13)16-6-5-14-2-1-3-17(27)19(14)22-16/h1-7,11,15,27H,8-10,12,21H2. The minimum absolute atomic E-state index is 0.161. The van der Waals surface area contributed by atoms with Crippen molar-refractivity contribution in [1.82, 2.24) is 24.5 Å². The summed E-state index contributed by atoms with van der Waals surface area (Å²) in [5.41, 5.74) is 9.21. The van der Waals surface area contributed by atoms with Crippen molar-refractivity contribution >= 4 is 16.6 Å². The number of hydrogen-bond acceptors (Lipinski definition) is 6. The van der Waals surface area contributed by atoms with Crippen molar-refractivity contribution in [2.75, 3.05) is 13.1 Å². The van der Waals surface area contributed by atoms with Crippen LogP contribution in [0.1, 0.15) is 12.0 Å². The van der Waals surface area contributed by atoms with Gasteiger partial charge in [0.1, 0.15) is 17.0 Å². The van der Waals surface area contributed by atoms with Crippen LogP contribution in [0, 0.1) is 0 Å². The number of aromatic hydroxyl groups is 1. The summed E-state index contributed by atoms with van der Waals surface area (Å²) < 4.78 is 1.96. The molecular weight excluding hydrogens is 340 g/mol. The van der Waals surface area contributed by atoms with E-state index in [0.29, 0.717) is 17.0 Å². The molecule has 3 aromatic heterocycles. The van der Waals surface area contributed by atoms with E-state index < -0.39 is 0 Å². The summed E-state index contributed by atoms with van der Waals surface area (Å²) in [6.45, 7) is 2.81. The largest absolute Gasteiger partial charge is 0.506 e. The summed E-state index contributed by atoms with van der Waals surface area (Å²) >= 11 is 0. The monoisotopic (exact) mass is 360 g/mol. The highest BCUT2D eigenvalue weighted by molar-refractivity contribution is 5.86. The summed E-state index contributed by atoms with van der Waals surface area (Å²) in [5, 5.41) is 19.6. The highest BCUT2D eigenvalue weighted by Gasteiger charge is 2.19. The molecule has 0 saturated carbocycles. The maximum Gasteiger partial charge on any atom is 0.187 e.